The van der Waals surface area contributed by atoms with Crippen molar-refractivity contribution in [3.05, 3.63) is 61.8 Å². The lowest BCUT2D eigenvalue weighted by Crippen LogP contribution is -2.27. The quantitative estimate of drug-likeness (QED) is 0.107. The molecule has 0 aromatic carbocycles. The largest absolute Gasteiger partial charge is 0.506 e. The van der Waals surface area contributed by atoms with E-state index in [1.807, 2.05) is 28.3 Å². The van der Waals surface area contributed by atoms with Crippen LogP contribution in [0, 0.1) is 23.7 Å². The van der Waals surface area contributed by atoms with Gasteiger partial charge in [0.1, 0.15) is 5.75 Å². The highest BCUT2D eigenvalue weighted by atomic mass is 32.1. The van der Waals surface area contributed by atoms with Crippen molar-refractivity contribution in [2.24, 2.45) is 23.7 Å². The Hall–Kier alpha value is -1.97. The number of aromatic hydroxyl groups is 1. The normalized spacial score (nSPS) is 14.5. The second-order valence-electron chi connectivity index (χ2n) is 13.9. The van der Waals surface area contributed by atoms with Crippen LogP contribution in [-0.4, -0.2) is 10.2 Å². The molecule has 2 unspecified atom stereocenters. The molecule has 5 rings (SSSR count). The van der Waals surface area contributed by atoms with E-state index in [9.17, 15) is 15.0 Å². The Morgan fingerprint density at radius 3 is 1.80 bits per heavy atom. The molecule has 2 N–H and O–H groups in total. The van der Waals surface area contributed by atoms with Gasteiger partial charge in [0, 0.05) is 5.56 Å². The number of fused-ring (bicyclic) bond motifs is 3. The van der Waals surface area contributed by atoms with Crippen molar-refractivity contribution in [3.8, 4) is 15.5 Å². The minimum absolute atomic E-state index is 0.234. The number of thiophene rings is 4. The maximum Gasteiger partial charge on any atom is 0.345 e. The first-order chi connectivity index (χ1) is 22.0. The molecule has 0 saturated heterocycles. The van der Waals surface area contributed by atoms with Gasteiger partial charge in [-0.15, -0.1) is 45.3 Å². The fourth-order valence-corrected chi connectivity index (χ4v) is 9.92. The molecule has 4 nitrogen and oxygen atoms in total. The van der Waals surface area contributed by atoms with Crippen molar-refractivity contribution in [3.63, 3.8) is 0 Å². The third kappa shape index (κ3) is 10.0. The Morgan fingerprint density at radius 2 is 1.22 bits per heavy atom. The molecule has 252 valence electrons. The summed E-state index contributed by atoms with van der Waals surface area (Å²) in [5, 5.41) is 31.0. The van der Waals surface area contributed by atoms with Gasteiger partial charge in [-0.1, -0.05) is 80.1 Å². The number of aliphatic hydroxyl groups is 1. The highest BCUT2D eigenvalue weighted by Crippen LogP contribution is 2.47. The van der Waals surface area contributed by atoms with Crippen molar-refractivity contribution < 1.29 is 14.6 Å². The lowest BCUT2D eigenvalue weighted by Gasteiger charge is -2.31. The minimum atomic E-state index is -0.829. The molecule has 0 bridgehead atoms. The predicted octanol–water partition coefficient (Wildman–Crippen LogP) is 12.9. The van der Waals surface area contributed by atoms with E-state index in [4.69, 9.17) is 4.42 Å². The Morgan fingerprint density at radius 1 is 0.674 bits per heavy atom. The van der Waals surface area contributed by atoms with Crippen LogP contribution in [0.25, 0.3) is 30.1 Å². The van der Waals surface area contributed by atoms with Crippen molar-refractivity contribution in [2.45, 2.75) is 111 Å². The molecule has 0 radical (unpaired) electrons. The first-order valence-electron chi connectivity index (χ1n) is 16.9. The van der Waals surface area contributed by atoms with Crippen LogP contribution in [0.5, 0.6) is 5.75 Å². The third-order valence-corrected chi connectivity index (χ3v) is 13.0. The zero-order chi connectivity index (χ0) is 33.3. The molecule has 5 aromatic heterocycles. The van der Waals surface area contributed by atoms with Gasteiger partial charge in [0.15, 0.2) is 5.58 Å². The van der Waals surface area contributed by atoms with Gasteiger partial charge in [-0.2, -0.15) is 0 Å². The van der Waals surface area contributed by atoms with Crippen molar-refractivity contribution in [1.82, 2.24) is 0 Å². The van der Waals surface area contributed by atoms with E-state index in [2.05, 4.69) is 53.0 Å². The number of rotatable bonds is 16. The smallest absolute Gasteiger partial charge is 0.345 e. The van der Waals surface area contributed by atoms with Gasteiger partial charge in [0.05, 0.1) is 30.1 Å². The van der Waals surface area contributed by atoms with Gasteiger partial charge in [0.2, 0.25) is 0 Å². The van der Waals surface area contributed by atoms with E-state index in [1.54, 1.807) is 51.4 Å². The molecule has 5 heterocycles. The van der Waals surface area contributed by atoms with Gasteiger partial charge in [-0.3, -0.25) is 0 Å². The second kappa shape index (κ2) is 17.4. The molecule has 2 atom stereocenters. The zero-order valence-corrected chi connectivity index (χ0v) is 31.6. The summed E-state index contributed by atoms with van der Waals surface area (Å²) in [7, 11) is 0. The molecule has 0 aliphatic heterocycles. The van der Waals surface area contributed by atoms with Gasteiger partial charge in [-0.05, 0) is 95.1 Å². The highest BCUT2D eigenvalue weighted by molar-refractivity contribution is 7.25. The zero-order valence-electron chi connectivity index (χ0n) is 28.3. The summed E-state index contributed by atoms with van der Waals surface area (Å²) < 4.78 is 7.25. The maximum absolute atomic E-state index is 12.1. The summed E-state index contributed by atoms with van der Waals surface area (Å²) in [6, 6.07) is 7.51. The molecule has 0 aliphatic rings. The number of hydrogen-bond acceptors (Lipinski definition) is 8. The molecular weight excluding hydrogens is 649 g/mol. The standard InChI is InChI=1S/C29H48O2S2.C9H4O2S2/c1-21(2)9-7-11-23(5)13-17-29(31,18-14-24(6)12-8-10-22(3)4)25-15-19-32-27(25)28-26(30)16-20-33-28;10-9-5-1-3-12-7(5)8-6(11-9)2-4-13-8/h15-16,19-24,30-31H,7-14,17-18H2,1-6H3;1-4H. The van der Waals surface area contributed by atoms with Crippen LogP contribution in [0.15, 0.2) is 55.0 Å². The van der Waals surface area contributed by atoms with Crippen LogP contribution in [-0.2, 0) is 5.60 Å². The van der Waals surface area contributed by atoms with Crippen LogP contribution >= 0.6 is 45.3 Å². The molecule has 0 aliphatic carbocycles. The van der Waals surface area contributed by atoms with Crippen molar-refractivity contribution in [2.75, 3.05) is 0 Å². The lowest BCUT2D eigenvalue weighted by molar-refractivity contribution is 0.00749. The molecule has 0 saturated carbocycles. The predicted molar refractivity (Wildman–Crippen MR) is 203 cm³/mol. The third-order valence-electron chi connectivity index (χ3n) is 9.00. The average Bonchev–Trinajstić information content (AvgIpc) is 3.82. The van der Waals surface area contributed by atoms with E-state index < -0.39 is 5.60 Å². The summed E-state index contributed by atoms with van der Waals surface area (Å²) in [5.74, 6) is 3.10. The topological polar surface area (TPSA) is 70.7 Å². The summed E-state index contributed by atoms with van der Waals surface area (Å²) in [6.45, 7) is 13.9. The number of hydrogen-bond donors (Lipinski definition) is 2. The SMILES string of the molecule is CC(C)CCCC(C)CCC(O)(CCC(C)CCCC(C)C)c1ccsc1-c1sccc1O.O=c1oc2ccsc2c2sccc12. The molecule has 8 heteroatoms. The van der Waals surface area contributed by atoms with Gasteiger partial charge < -0.3 is 14.6 Å². The van der Waals surface area contributed by atoms with Gasteiger partial charge in [0.25, 0.3) is 0 Å². The summed E-state index contributed by atoms with van der Waals surface area (Å²) in [4.78, 5) is 13.3. The highest BCUT2D eigenvalue weighted by Gasteiger charge is 2.34. The summed E-state index contributed by atoms with van der Waals surface area (Å²) in [5.41, 5.74) is 0.658. The molecule has 0 amide bonds. The minimum Gasteiger partial charge on any atom is -0.506 e. The Bertz CT molecular complexity index is 1640. The van der Waals surface area contributed by atoms with Crippen LogP contribution in [0.3, 0.4) is 0 Å². The first kappa shape index (κ1) is 36.9. The van der Waals surface area contributed by atoms with Crippen LogP contribution in [0.4, 0.5) is 0 Å². The molecule has 5 aromatic rings. The molecular formula is C38H52O4S4. The fraction of sp³-hybridized carbons (Fsp3) is 0.553. The van der Waals surface area contributed by atoms with Crippen LogP contribution in [0.1, 0.15) is 111 Å². The fourth-order valence-electron chi connectivity index (χ4n) is 6.07. The first-order valence-corrected chi connectivity index (χ1v) is 20.4. The molecule has 46 heavy (non-hydrogen) atoms. The van der Waals surface area contributed by atoms with E-state index in [0.29, 0.717) is 28.6 Å². The van der Waals surface area contributed by atoms with Crippen molar-refractivity contribution >= 4 is 65.7 Å². The van der Waals surface area contributed by atoms with Crippen LogP contribution in [0.2, 0.25) is 0 Å². The van der Waals surface area contributed by atoms with E-state index >= 15 is 0 Å². The Kier molecular flexibility index (Phi) is 14.0. The Labute approximate surface area is 291 Å². The summed E-state index contributed by atoms with van der Waals surface area (Å²) >= 11 is 6.40. The maximum atomic E-state index is 12.1. The van der Waals surface area contributed by atoms with E-state index in [0.717, 1.165) is 62.2 Å². The Balaban J connectivity index is 0.000000301. The molecule has 0 spiro atoms. The van der Waals surface area contributed by atoms with E-state index in [1.165, 1.54) is 38.5 Å². The second-order valence-corrected chi connectivity index (χ2v) is 17.6. The monoisotopic (exact) mass is 700 g/mol. The van der Waals surface area contributed by atoms with Crippen LogP contribution < -0.4 is 5.63 Å². The summed E-state index contributed by atoms with van der Waals surface area (Å²) in [6.07, 6.45) is 11.3. The average molecular weight is 701 g/mol. The van der Waals surface area contributed by atoms with Crippen molar-refractivity contribution in [1.29, 1.82) is 0 Å². The lowest BCUT2D eigenvalue weighted by atomic mass is 9.80. The van der Waals surface area contributed by atoms with Gasteiger partial charge >= 0.3 is 5.63 Å². The van der Waals surface area contributed by atoms with Gasteiger partial charge in [-0.25, -0.2) is 4.79 Å². The molecule has 0 fully saturated rings. The van der Waals surface area contributed by atoms with E-state index in [-0.39, 0.29) is 5.63 Å².